The fourth-order valence-electron chi connectivity index (χ4n) is 1.15. The van der Waals surface area contributed by atoms with E-state index in [0.717, 1.165) is 12.3 Å². The van der Waals surface area contributed by atoms with Gasteiger partial charge in [0, 0.05) is 22.4 Å². The Morgan fingerprint density at radius 1 is 1.54 bits per heavy atom. The molecular formula is C10H14INO. The molecule has 13 heavy (non-hydrogen) atoms. The van der Waals surface area contributed by atoms with Gasteiger partial charge in [-0.3, -0.25) is 0 Å². The minimum absolute atomic E-state index is 0.350. The van der Waals surface area contributed by atoms with Gasteiger partial charge in [-0.2, -0.15) is 0 Å². The molecule has 2 nitrogen and oxygen atoms in total. The molecule has 1 N–H and O–H groups in total. The number of methoxy groups -OCH3 is 1. The number of nitrogens with one attached hydrogen (secondary N) is 1. The van der Waals surface area contributed by atoms with Crippen LogP contribution in [0.1, 0.15) is 6.92 Å². The summed E-state index contributed by atoms with van der Waals surface area (Å²) in [6.45, 7) is 2.83. The summed E-state index contributed by atoms with van der Waals surface area (Å²) in [4.78, 5) is 0. The van der Waals surface area contributed by atoms with Crippen LogP contribution in [0.2, 0.25) is 0 Å². The largest absolute Gasteiger partial charge is 0.383 e. The van der Waals surface area contributed by atoms with Gasteiger partial charge in [-0.25, -0.2) is 0 Å². The lowest BCUT2D eigenvalue weighted by molar-refractivity contribution is 0.190. The Hall–Kier alpha value is -0.290. The molecule has 0 amide bonds. The number of rotatable bonds is 4. The standard InChI is InChI=1S/C10H14INO/c1-8(7-13-2)12-10-5-3-4-9(11)6-10/h3-6,8,12H,7H2,1-2H3/t8-/m1/s1. The Labute approximate surface area is 92.8 Å². The monoisotopic (exact) mass is 291 g/mol. The Balaban J connectivity index is 2.53. The fourth-order valence-corrected chi connectivity index (χ4v) is 1.70. The van der Waals surface area contributed by atoms with Gasteiger partial charge < -0.3 is 10.1 Å². The highest BCUT2D eigenvalue weighted by Crippen LogP contribution is 2.13. The second-order valence-electron chi connectivity index (χ2n) is 3.01. The Morgan fingerprint density at radius 3 is 2.92 bits per heavy atom. The van der Waals surface area contributed by atoms with E-state index < -0.39 is 0 Å². The summed E-state index contributed by atoms with van der Waals surface area (Å²) < 4.78 is 6.28. The summed E-state index contributed by atoms with van der Waals surface area (Å²) >= 11 is 2.30. The molecule has 0 aromatic heterocycles. The zero-order valence-corrected chi connectivity index (χ0v) is 10.0. The first-order valence-corrected chi connectivity index (χ1v) is 5.31. The number of anilines is 1. The normalized spacial score (nSPS) is 12.5. The molecular weight excluding hydrogens is 277 g/mol. The average molecular weight is 291 g/mol. The van der Waals surface area contributed by atoms with Gasteiger partial charge in [0.25, 0.3) is 0 Å². The highest BCUT2D eigenvalue weighted by molar-refractivity contribution is 14.1. The molecule has 0 aliphatic rings. The van der Waals surface area contributed by atoms with Gasteiger partial charge in [-0.15, -0.1) is 0 Å². The van der Waals surface area contributed by atoms with Crippen LogP contribution in [0.25, 0.3) is 0 Å². The van der Waals surface area contributed by atoms with Gasteiger partial charge in [0.05, 0.1) is 6.61 Å². The molecule has 0 saturated heterocycles. The molecule has 1 atom stereocenters. The van der Waals surface area contributed by atoms with E-state index in [2.05, 4.69) is 53.0 Å². The Morgan fingerprint density at radius 2 is 2.31 bits per heavy atom. The lowest BCUT2D eigenvalue weighted by Gasteiger charge is -2.13. The molecule has 1 aromatic rings. The van der Waals surface area contributed by atoms with Crippen molar-refractivity contribution < 1.29 is 4.74 Å². The van der Waals surface area contributed by atoms with E-state index in [4.69, 9.17) is 4.74 Å². The first-order chi connectivity index (χ1) is 6.22. The van der Waals surface area contributed by atoms with Crippen LogP contribution >= 0.6 is 22.6 Å². The number of ether oxygens (including phenoxy) is 1. The zero-order valence-electron chi connectivity index (χ0n) is 7.88. The second-order valence-corrected chi connectivity index (χ2v) is 4.26. The van der Waals surface area contributed by atoms with Crippen LogP contribution < -0.4 is 5.32 Å². The van der Waals surface area contributed by atoms with Crippen LogP contribution in [0.5, 0.6) is 0 Å². The van der Waals surface area contributed by atoms with Gasteiger partial charge in [-0.05, 0) is 47.7 Å². The van der Waals surface area contributed by atoms with Crippen LogP contribution in [-0.2, 0) is 4.74 Å². The number of hydrogen-bond donors (Lipinski definition) is 1. The van der Waals surface area contributed by atoms with Crippen molar-refractivity contribution in [3.63, 3.8) is 0 Å². The summed E-state index contributed by atoms with van der Waals surface area (Å²) in [5.74, 6) is 0. The van der Waals surface area contributed by atoms with E-state index in [9.17, 15) is 0 Å². The molecule has 0 unspecified atom stereocenters. The quantitative estimate of drug-likeness (QED) is 0.861. The smallest absolute Gasteiger partial charge is 0.0661 e. The maximum atomic E-state index is 5.04. The molecule has 0 heterocycles. The summed E-state index contributed by atoms with van der Waals surface area (Å²) in [6, 6.07) is 8.65. The van der Waals surface area contributed by atoms with E-state index in [1.54, 1.807) is 7.11 Å². The van der Waals surface area contributed by atoms with Crippen molar-refractivity contribution in [2.75, 3.05) is 19.0 Å². The van der Waals surface area contributed by atoms with Gasteiger partial charge in [0.1, 0.15) is 0 Å². The molecule has 1 rings (SSSR count). The molecule has 72 valence electrons. The van der Waals surface area contributed by atoms with Crippen LogP contribution in [0.3, 0.4) is 0 Å². The van der Waals surface area contributed by atoms with Crippen molar-refractivity contribution >= 4 is 28.3 Å². The van der Waals surface area contributed by atoms with Crippen molar-refractivity contribution in [1.82, 2.24) is 0 Å². The maximum Gasteiger partial charge on any atom is 0.0661 e. The molecule has 3 heteroatoms. The lowest BCUT2D eigenvalue weighted by Crippen LogP contribution is -2.20. The summed E-state index contributed by atoms with van der Waals surface area (Å²) in [7, 11) is 1.72. The number of halogens is 1. The van der Waals surface area contributed by atoms with Crippen LogP contribution in [0.4, 0.5) is 5.69 Å². The van der Waals surface area contributed by atoms with Crippen molar-refractivity contribution in [3.05, 3.63) is 27.8 Å². The molecule has 0 aliphatic carbocycles. The first kappa shape index (κ1) is 10.8. The highest BCUT2D eigenvalue weighted by atomic mass is 127. The SMILES string of the molecule is COC[C@@H](C)Nc1cccc(I)c1. The van der Waals surface area contributed by atoms with E-state index in [1.165, 1.54) is 3.57 Å². The average Bonchev–Trinajstić information content (AvgIpc) is 2.04. The number of hydrogen-bond acceptors (Lipinski definition) is 2. The van der Waals surface area contributed by atoms with Crippen LogP contribution in [0.15, 0.2) is 24.3 Å². The van der Waals surface area contributed by atoms with Crippen molar-refractivity contribution in [2.24, 2.45) is 0 Å². The highest BCUT2D eigenvalue weighted by Gasteiger charge is 2.00. The topological polar surface area (TPSA) is 21.3 Å². The third-order valence-corrected chi connectivity index (χ3v) is 2.33. The molecule has 0 aliphatic heterocycles. The fraction of sp³-hybridized carbons (Fsp3) is 0.400. The van der Waals surface area contributed by atoms with E-state index >= 15 is 0 Å². The van der Waals surface area contributed by atoms with Gasteiger partial charge in [-0.1, -0.05) is 6.07 Å². The number of benzene rings is 1. The Kier molecular flexibility index (Phi) is 4.52. The third kappa shape index (κ3) is 3.95. The molecule has 0 spiro atoms. The van der Waals surface area contributed by atoms with Gasteiger partial charge in [0.2, 0.25) is 0 Å². The van der Waals surface area contributed by atoms with E-state index in [0.29, 0.717) is 6.04 Å². The third-order valence-electron chi connectivity index (χ3n) is 1.65. The van der Waals surface area contributed by atoms with E-state index in [1.807, 2.05) is 6.07 Å². The summed E-state index contributed by atoms with van der Waals surface area (Å²) in [5, 5.41) is 3.35. The molecule has 0 saturated carbocycles. The Bertz CT molecular complexity index is 265. The van der Waals surface area contributed by atoms with Crippen molar-refractivity contribution in [2.45, 2.75) is 13.0 Å². The lowest BCUT2D eigenvalue weighted by atomic mass is 10.3. The molecule has 0 bridgehead atoms. The molecule has 1 aromatic carbocycles. The van der Waals surface area contributed by atoms with Gasteiger partial charge >= 0.3 is 0 Å². The second kappa shape index (κ2) is 5.44. The summed E-state index contributed by atoms with van der Waals surface area (Å²) in [5.41, 5.74) is 1.15. The predicted octanol–water partition coefficient (Wildman–Crippen LogP) is 2.74. The van der Waals surface area contributed by atoms with Crippen LogP contribution in [0, 0.1) is 3.57 Å². The molecule has 0 radical (unpaired) electrons. The maximum absolute atomic E-state index is 5.04. The van der Waals surface area contributed by atoms with Gasteiger partial charge in [0.15, 0.2) is 0 Å². The van der Waals surface area contributed by atoms with E-state index in [-0.39, 0.29) is 0 Å². The van der Waals surface area contributed by atoms with Crippen LogP contribution in [-0.4, -0.2) is 19.8 Å². The minimum atomic E-state index is 0.350. The first-order valence-electron chi connectivity index (χ1n) is 4.23. The van der Waals surface area contributed by atoms with Crippen molar-refractivity contribution in [1.29, 1.82) is 0 Å². The minimum Gasteiger partial charge on any atom is -0.383 e. The predicted molar refractivity (Wildman–Crippen MR) is 64.1 cm³/mol. The van der Waals surface area contributed by atoms with Crippen molar-refractivity contribution in [3.8, 4) is 0 Å². The molecule has 0 fully saturated rings. The zero-order chi connectivity index (χ0) is 9.68. The summed E-state index contributed by atoms with van der Waals surface area (Å²) in [6.07, 6.45) is 0.